The Hall–Kier alpha value is -1.62. The van der Waals surface area contributed by atoms with Gasteiger partial charge in [-0.3, -0.25) is 10.1 Å². The molecule has 1 atom stereocenters. The highest BCUT2D eigenvalue weighted by molar-refractivity contribution is 5.46. The van der Waals surface area contributed by atoms with E-state index in [1.807, 2.05) is 0 Å². The van der Waals surface area contributed by atoms with E-state index in [9.17, 15) is 10.1 Å². The SMILES string of the molecule is COc1ccc(CC2CCCN2)c([N+](=O)[O-])c1. The van der Waals surface area contributed by atoms with Crippen LogP contribution in [0.3, 0.4) is 0 Å². The zero-order chi connectivity index (χ0) is 12.3. The number of benzene rings is 1. The minimum absolute atomic E-state index is 0.151. The van der Waals surface area contributed by atoms with E-state index >= 15 is 0 Å². The van der Waals surface area contributed by atoms with E-state index in [4.69, 9.17) is 4.74 Å². The predicted molar refractivity (Wildman–Crippen MR) is 64.4 cm³/mol. The van der Waals surface area contributed by atoms with Gasteiger partial charge in [-0.2, -0.15) is 0 Å². The molecule has 1 heterocycles. The summed E-state index contributed by atoms with van der Waals surface area (Å²) in [5, 5.41) is 14.3. The van der Waals surface area contributed by atoms with Gasteiger partial charge in [0.05, 0.1) is 18.1 Å². The molecule has 0 aromatic heterocycles. The average Bonchev–Trinajstić information content (AvgIpc) is 2.82. The van der Waals surface area contributed by atoms with Crippen molar-refractivity contribution < 1.29 is 9.66 Å². The third-order valence-electron chi connectivity index (χ3n) is 3.12. The van der Waals surface area contributed by atoms with Crippen molar-refractivity contribution in [2.45, 2.75) is 25.3 Å². The largest absolute Gasteiger partial charge is 0.497 e. The lowest BCUT2D eigenvalue weighted by atomic mass is 10.0. The molecule has 1 aromatic rings. The molecular weight excluding hydrogens is 220 g/mol. The first-order valence-electron chi connectivity index (χ1n) is 5.75. The van der Waals surface area contributed by atoms with Gasteiger partial charge in [-0.05, 0) is 37.9 Å². The van der Waals surface area contributed by atoms with Gasteiger partial charge in [0, 0.05) is 11.6 Å². The van der Waals surface area contributed by atoms with Gasteiger partial charge in [0.2, 0.25) is 0 Å². The Morgan fingerprint density at radius 3 is 3.00 bits per heavy atom. The molecule has 1 aromatic carbocycles. The van der Waals surface area contributed by atoms with Crippen LogP contribution in [0, 0.1) is 10.1 Å². The maximum absolute atomic E-state index is 11.0. The van der Waals surface area contributed by atoms with Crippen LogP contribution in [0.1, 0.15) is 18.4 Å². The molecule has 5 nitrogen and oxygen atoms in total. The Labute approximate surface area is 99.9 Å². The Kier molecular flexibility index (Phi) is 3.58. The summed E-state index contributed by atoms with van der Waals surface area (Å²) in [6.07, 6.45) is 2.94. The molecule has 1 aliphatic heterocycles. The van der Waals surface area contributed by atoms with E-state index < -0.39 is 0 Å². The molecule has 92 valence electrons. The summed E-state index contributed by atoms with van der Waals surface area (Å²) < 4.78 is 5.01. The summed E-state index contributed by atoms with van der Waals surface area (Å²) in [6, 6.07) is 5.42. The molecule has 0 spiro atoms. The van der Waals surface area contributed by atoms with Crippen LogP contribution in [-0.4, -0.2) is 24.6 Å². The molecular formula is C12H16N2O3. The fourth-order valence-corrected chi connectivity index (χ4v) is 2.21. The smallest absolute Gasteiger partial charge is 0.276 e. The molecule has 17 heavy (non-hydrogen) atoms. The summed E-state index contributed by atoms with van der Waals surface area (Å²) in [5.41, 5.74) is 0.924. The molecule has 5 heteroatoms. The molecule has 0 amide bonds. The van der Waals surface area contributed by atoms with E-state index in [1.54, 1.807) is 12.1 Å². The highest BCUT2D eigenvalue weighted by Gasteiger charge is 2.21. The Morgan fingerprint density at radius 1 is 1.59 bits per heavy atom. The van der Waals surface area contributed by atoms with Crippen LogP contribution in [0.5, 0.6) is 5.75 Å². The third-order valence-corrected chi connectivity index (χ3v) is 3.12. The van der Waals surface area contributed by atoms with Gasteiger partial charge in [-0.15, -0.1) is 0 Å². The van der Waals surface area contributed by atoms with Crippen LogP contribution in [0.2, 0.25) is 0 Å². The monoisotopic (exact) mass is 236 g/mol. The van der Waals surface area contributed by atoms with Crippen molar-refractivity contribution >= 4 is 5.69 Å². The Morgan fingerprint density at radius 2 is 2.41 bits per heavy atom. The number of nitro benzene ring substituents is 1. The zero-order valence-electron chi connectivity index (χ0n) is 9.81. The highest BCUT2D eigenvalue weighted by Crippen LogP contribution is 2.26. The minimum atomic E-state index is -0.340. The van der Waals surface area contributed by atoms with Crippen molar-refractivity contribution in [2.75, 3.05) is 13.7 Å². The average molecular weight is 236 g/mol. The predicted octanol–water partition coefficient (Wildman–Crippen LogP) is 1.90. The van der Waals surface area contributed by atoms with E-state index in [0.717, 1.165) is 24.9 Å². The second-order valence-electron chi connectivity index (χ2n) is 4.25. The Balaban J connectivity index is 2.22. The minimum Gasteiger partial charge on any atom is -0.497 e. The van der Waals surface area contributed by atoms with E-state index in [2.05, 4.69) is 5.32 Å². The van der Waals surface area contributed by atoms with E-state index in [1.165, 1.54) is 13.2 Å². The number of rotatable bonds is 4. The number of nitrogens with one attached hydrogen (secondary N) is 1. The first-order chi connectivity index (χ1) is 8.20. The topological polar surface area (TPSA) is 64.4 Å². The fourth-order valence-electron chi connectivity index (χ4n) is 2.21. The van der Waals surface area contributed by atoms with Crippen molar-refractivity contribution in [3.63, 3.8) is 0 Å². The molecule has 1 fully saturated rings. The first-order valence-corrected chi connectivity index (χ1v) is 5.75. The van der Waals surface area contributed by atoms with Crippen LogP contribution >= 0.6 is 0 Å². The van der Waals surface area contributed by atoms with E-state index in [0.29, 0.717) is 18.2 Å². The number of nitrogens with zero attached hydrogens (tertiary/aromatic N) is 1. The van der Waals surface area contributed by atoms with Gasteiger partial charge in [-0.1, -0.05) is 0 Å². The van der Waals surface area contributed by atoms with Crippen molar-refractivity contribution in [1.29, 1.82) is 0 Å². The molecule has 0 saturated carbocycles. The molecule has 0 radical (unpaired) electrons. The summed E-state index contributed by atoms with van der Waals surface area (Å²) in [5.74, 6) is 0.528. The number of nitro groups is 1. The first kappa shape index (κ1) is 11.9. The van der Waals surface area contributed by atoms with E-state index in [-0.39, 0.29) is 10.6 Å². The van der Waals surface area contributed by atoms with Crippen LogP contribution in [0.25, 0.3) is 0 Å². The van der Waals surface area contributed by atoms with Gasteiger partial charge < -0.3 is 10.1 Å². The van der Waals surface area contributed by atoms with Crippen molar-refractivity contribution in [1.82, 2.24) is 5.32 Å². The summed E-state index contributed by atoms with van der Waals surface area (Å²) in [7, 11) is 1.51. The lowest BCUT2D eigenvalue weighted by molar-refractivity contribution is -0.385. The van der Waals surface area contributed by atoms with Crippen LogP contribution in [-0.2, 0) is 6.42 Å². The third kappa shape index (κ3) is 2.74. The standard InChI is InChI=1S/C12H16N2O3/c1-17-11-5-4-9(12(8-11)14(15)16)7-10-3-2-6-13-10/h4-5,8,10,13H,2-3,6-7H2,1H3. The molecule has 1 saturated heterocycles. The van der Waals surface area contributed by atoms with Gasteiger partial charge in [0.15, 0.2) is 0 Å². The van der Waals surface area contributed by atoms with Crippen LogP contribution in [0.15, 0.2) is 18.2 Å². The lowest BCUT2D eigenvalue weighted by Gasteiger charge is -2.11. The summed E-state index contributed by atoms with van der Waals surface area (Å²) in [6.45, 7) is 1.01. The summed E-state index contributed by atoms with van der Waals surface area (Å²) >= 11 is 0. The Bertz CT molecular complexity index is 414. The molecule has 2 rings (SSSR count). The summed E-state index contributed by atoms with van der Waals surface area (Å²) in [4.78, 5) is 10.7. The van der Waals surface area contributed by atoms with Gasteiger partial charge >= 0.3 is 0 Å². The highest BCUT2D eigenvalue weighted by atomic mass is 16.6. The molecule has 0 aliphatic carbocycles. The normalized spacial score (nSPS) is 19.2. The van der Waals surface area contributed by atoms with Gasteiger partial charge in [0.1, 0.15) is 5.75 Å². The van der Waals surface area contributed by atoms with Gasteiger partial charge in [-0.25, -0.2) is 0 Å². The zero-order valence-corrected chi connectivity index (χ0v) is 9.81. The van der Waals surface area contributed by atoms with Crippen LogP contribution < -0.4 is 10.1 Å². The van der Waals surface area contributed by atoms with Gasteiger partial charge in [0.25, 0.3) is 5.69 Å². The molecule has 1 N–H and O–H groups in total. The van der Waals surface area contributed by atoms with Crippen molar-refractivity contribution in [3.05, 3.63) is 33.9 Å². The number of hydrogen-bond donors (Lipinski definition) is 1. The maximum atomic E-state index is 11.0. The molecule has 1 unspecified atom stereocenters. The maximum Gasteiger partial charge on any atom is 0.276 e. The number of ether oxygens (including phenoxy) is 1. The van der Waals surface area contributed by atoms with Crippen molar-refractivity contribution in [3.8, 4) is 5.75 Å². The second-order valence-corrected chi connectivity index (χ2v) is 4.25. The number of methoxy groups -OCH3 is 1. The fraction of sp³-hybridized carbons (Fsp3) is 0.500. The van der Waals surface area contributed by atoms with Crippen molar-refractivity contribution in [2.24, 2.45) is 0 Å². The molecule has 0 bridgehead atoms. The second kappa shape index (κ2) is 5.14. The quantitative estimate of drug-likeness (QED) is 0.640. The number of hydrogen-bond acceptors (Lipinski definition) is 4. The lowest BCUT2D eigenvalue weighted by Crippen LogP contribution is -2.24. The van der Waals surface area contributed by atoms with Crippen LogP contribution in [0.4, 0.5) is 5.69 Å². The molecule has 1 aliphatic rings.